The lowest BCUT2D eigenvalue weighted by molar-refractivity contribution is 0.0927. The third-order valence-electron chi connectivity index (χ3n) is 4.74. The number of hydrogen-bond donors (Lipinski definition) is 2. The summed E-state index contributed by atoms with van der Waals surface area (Å²) in [6.45, 7) is 0. The maximum atomic E-state index is 12.4. The van der Waals surface area contributed by atoms with Crippen molar-refractivity contribution in [3.8, 4) is 0 Å². The molecule has 0 radical (unpaired) electrons. The predicted octanol–water partition coefficient (Wildman–Crippen LogP) is 3.74. The van der Waals surface area contributed by atoms with Gasteiger partial charge in [0.25, 0.3) is 5.91 Å². The van der Waals surface area contributed by atoms with E-state index in [4.69, 9.17) is 0 Å². The van der Waals surface area contributed by atoms with Gasteiger partial charge in [0.1, 0.15) is 0 Å². The number of nitrogens with zero attached hydrogens (tertiary/aromatic N) is 3. The van der Waals surface area contributed by atoms with E-state index in [0.717, 1.165) is 24.2 Å². The van der Waals surface area contributed by atoms with Crippen molar-refractivity contribution in [2.75, 3.05) is 24.3 Å². The van der Waals surface area contributed by atoms with E-state index in [1.54, 1.807) is 12.1 Å². The number of amides is 1. The monoisotopic (exact) mass is 353 g/mol. The van der Waals surface area contributed by atoms with Gasteiger partial charge in [-0.25, -0.2) is 0 Å². The molecule has 138 valence electrons. The summed E-state index contributed by atoms with van der Waals surface area (Å²) in [4.78, 5) is 14.4. The summed E-state index contributed by atoms with van der Waals surface area (Å²) in [5, 5.41) is 14.5. The molecule has 1 aromatic carbocycles. The van der Waals surface area contributed by atoms with Crippen molar-refractivity contribution < 1.29 is 4.79 Å². The molecule has 2 N–H and O–H groups in total. The Bertz CT molecular complexity index is 704. The minimum Gasteiger partial charge on any atom is -0.378 e. The molecule has 0 atom stereocenters. The molecule has 3 rings (SSSR count). The summed E-state index contributed by atoms with van der Waals surface area (Å²) in [6, 6.07) is 11.8. The minimum absolute atomic E-state index is 0.133. The number of carbonyl (C=O) groups is 1. The van der Waals surface area contributed by atoms with Crippen molar-refractivity contribution in [1.29, 1.82) is 0 Å². The Hall–Kier alpha value is -2.63. The first kappa shape index (κ1) is 18.2. The first-order valence-corrected chi connectivity index (χ1v) is 9.31. The number of anilines is 3. The van der Waals surface area contributed by atoms with Gasteiger partial charge in [-0.2, -0.15) is 0 Å². The Balaban J connectivity index is 1.58. The van der Waals surface area contributed by atoms with E-state index in [2.05, 4.69) is 20.8 Å². The summed E-state index contributed by atoms with van der Waals surface area (Å²) in [7, 11) is 4.01. The Morgan fingerprint density at radius 1 is 0.962 bits per heavy atom. The van der Waals surface area contributed by atoms with Gasteiger partial charge in [-0.05, 0) is 49.2 Å². The molecule has 1 aromatic heterocycles. The molecule has 1 heterocycles. The highest BCUT2D eigenvalue weighted by atomic mass is 16.2. The van der Waals surface area contributed by atoms with Gasteiger partial charge in [-0.1, -0.05) is 25.7 Å². The smallest absolute Gasteiger partial charge is 0.272 e. The van der Waals surface area contributed by atoms with Gasteiger partial charge in [0.15, 0.2) is 11.5 Å². The van der Waals surface area contributed by atoms with Crippen molar-refractivity contribution in [2.24, 2.45) is 0 Å². The molecule has 0 saturated heterocycles. The summed E-state index contributed by atoms with van der Waals surface area (Å²) in [5.74, 6) is 0.486. The lowest BCUT2D eigenvalue weighted by Gasteiger charge is -2.15. The first-order chi connectivity index (χ1) is 12.6. The standard InChI is InChI=1S/C20H27N5O/c1-25(2)17-11-9-16(10-12-17)21-19-14-13-18(23-24-19)20(26)22-15-7-5-3-4-6-8-15/h9-15H,3-8H2,1-2H3,(H,21,24)(H,22,26). The van der Waals surface area contributed by atoms with Crippen LogP contribution in [0.1, 0.15) is 49.0 Å². The average molecular weight is 353 g/mol. The van der Waals surface area contributed by atoms with Crippen molar-refractivity contribution >= 4 is 23.1 Å². The molecule has 1 aliphatic rings. The quantitative estimate of drug-likeness (QED) is 0.802. The van der Waals surface area contributed by atoms with Crippen LogP contribution in [0.3, 0.4) is 0 Å². The van der Waals surface area contributed by atoms with Crippen LogP contribution in [0.4, 0.5) is 17.2 Å². The highest BCUT2D eigenvalue weighted by Crippen LogP contribution is 2.19. The number of benzene rings is 1. The van der Waals surface area contributed by atoms with E-state index in [1.807, 2.05) is 43.3 Å². The largest absolute Gasteiger partial charge is 0.378 e. The van der Waals surface area contributed by atoms with Crippen molar-refractivity contribution in [2.45, 2.75) is 44.6 Å². The SMILES string of the molecule is CN(C)c1ccc(Nc2ccc(C(=O)NC3CCCCCC3)nn2)cc1. The molecule has 2 aromatic rings. The van der Waals surface area contributed by atoms with E-state index >= 15 is 0 Å². The molecular formula is C20H27N5O. The van der Waals surface area contributed by atoms with Crippen LogP contribution in [0.5, 0.6) is 0 Å². The van der Waals surface area contributed by atoms with E-state index in [-0.39, 0.29) is 11.9 Å². The topological polar surface area (TPSA) is 70.2 Å². The average Bonchev–Trinajstić information content (AvgIpc) is 2.91. The fourth-order valence-electron chi connectivity index (χ4n) is 3.19. The van der Waals surface area contributed by atoms with Crippen LogP contribution in [-0.4, -0.2) is 36.2 Å². The zero-order valence-electron chi connectivity index (χ0n) is 15.5. The summed E-state index contributed by atoms with van der Waals surface area (Å²) < 4.78 is 0. The second kappa shape index (κ2) is 8.65. The van der Waals surface area contributed by atoms with Crippen LogP contribution in [0, 0.1) is 0 Å². The predicted molar refractivity (Wildman–Crippen MR) is 105 cm³/mol. The number of hydrogen-bond acceptors (Lipinski definition) is 5. The fourth-order valence-corrected chi connectivity index (χ4v) is 3.19. The third kappa shape index (κ3) is 4.94. The number of aromatic nitrogens is 2. The number of nitrogens with one attached hydrogen (secondary N) is 2. The molecule has 1 amide bonds. The Kier molecular flexibility index (Phi) is 6.04. The van der Waals surface area contributed by atoms with Gasteiger partial charge in [0.05, 0.1) is 0 Å². The second-order valence-electron chi connectivity index (χ2n) is 7.03. The number of rotatable bonds is 5. The second-order valence-corrected chi connectivity index (χ2v) is 7.03. The molecule has 1 aliphatic carbocycles. The van der Waals surface area contributed by atoms with Crippen LogP contribution in [-0.2, 0) is 0 Å². The van der Waals surface area contributed by atoms with Crippen molar-refractivity contribution in [3.05, 3.63) is 42.1 Å². The van der Waals surface area contributed by atoms with Gasteiger partial charge >= 0.3 is 0 Å². The van der Waals surface area contributed by atoms with Crippen molar-refractivity contribution in [3.63, 3.8) is 0 Å². The fraction of sp³-hybridized carbons (Fsp3) is 0.450. The highest BCUT2D eigenvalue weighted by molar-refractivity contribution is 5.92. The zero-order chi connectivity index (χ0) is 18.4. The van der Waals surface area contributed by atoms with Gasteiger partial charge in [0, 0.05) is 31.5 Å². The molecular weight excluding hydrogens is 326 g/mol. The first-order valence-electron chi connectivity index (χ1n) is 9.31. The van der Waals surface area contributed by atoms with Crippen LogP contribution < -0.4 is 15.5 Å². The molecule has 0 aliphatic heterocycles. The van der Waals surface area contributed by atoms with Crippen molar-refractivity contribution in [1.82, 2.24) is 15.5 Å². The van der Waals surface area contributed by atoms with Gasteiger partial charge < -0.3 is 15.5 Å². The molecule has 0 spiro atoms. The van der Waals surface area contributed by atoms with Crippen LogP contribution in [0.2, 0.25) is 0 Å². The normalized spacial score (nSPS) is 15.2. The van der Waals surface area contributed by atoms with Gasteiger partial charge in [-0.3, -0.25) is 4.79 Å². The van der Waals surface area contributed by atoms with Gasteiger partial charge in [0.2, 0.25) is 0 Å². The lowest BCUT2D eigenvalue weighted by Crippen LogP contribution is -2.35. The minimum atomic E-state index is -0.133. The van der Waals surface area contributed by atoms with E-state index in [1.165, 1.54) is 25.7 Å². The van der Waals surface area contributed by atoms with E-state index < -0.39 is 0 Å². The Morgan fingerprint density at radius 2 is 1.65 bits per heavy atom. The molecule has 6 nitrogen and oxygen atoms in total. The molecule has 26 heavy (non-hydrogen) atoms. The number of carbonyl (C=O) groups excluding carboxylic acids is 1. The zero-order valence-corrected chi connectivity index (χ0v) is 15.5. The molecule has 1 saturated carbocycles. The molecule has 0 unspecified atom stereocenters. The van der Waals surface area contributed by atoms with Crippen LogP contribution in [0.15, 0.2) is 36.4 Å². The van der Waals surface area contributed by atoms with Crippen LogP contribution >= 0.6 is 0 Å². The van der Waals surface area contributed by atoms with E-state index in [0.29, 0.717) is 11.5 Å². The van der Waals surface area contributed by atoms with E-state index in [9.17, 15) is 4.79 Å². The maximum absolute atomic E-state index is 12.4. The summed E-state index contributed by atoms with van der Waals surface area (Å²) in [5.41, 5.74) is 2.43. The lowest BCUT2D eigenvalue weighted by atomic mass is 10.1. The van der Waals surface area contributed by atoms with Gasteiger partial charge in [-0.15, -0.1) is 10.2 Å². The Morgan fingerprint density at radius 3 is 2.23 bits per heavy atom. The Labute approximate surface area is 155 Å². The molecule has 0 bridgehead atoms. The maximum Gasteiger partial charge on any atom is 0.272 e. The molecule has 6 heteroatoms. The van der Waals surface area contributed by atoms with Crippen LogP contribution in [0.25, 0.3) is 0 Å². The third-order valence-corrected chi connectivity index (χ3v) is 4.74. The highest BCUT2D eigenvalue weighted by Gasteiger charge is 2.16. The molecule has 1 fully saturated rings. The summed E-state index contributed by atoms with van der Waals surface area (Å²) >= 11 is 0. The summed E-state index contributed by atoms with van der Waals surface area (Å²) in [6.07, 6.45) is 7.02.